The number of hydrogen-bond acceptors (Lipinski definition) is 5. The van der Waals surface area contributed by atoms with Crippen molar-refractivity contribution in [2.24, 2.45) is 0 Å². The summed E-state index contributed by atoms with van der Waals surface area (Å²) < 4.78 is 44.7. The maximum atomic E-state index is 13.2. The van der Waals surface area contributed by atoms with Crippen molar-refractivity contribution in [1.82, 2.24) is 20.5 Å². The lowest BCUT2D eigenvalue weighted by molar-refractivity contribution is -0.123. The lowest BCUT2D eigenvalue weighted by atomic mass is 9.94. The minimum absolute atomic E-state index is 0.0896. The fourth-order valence-electron chi connectivity index (χ4n) is 5.24. The molecule has 0 spiro atoms. The minimum atomic E-state index is -4.59. The molecule has 0 aliphatic carbocycles. The first-order valence-electron chi connectivity index (χ1n) is 13.7. The molecule has 8 nitrogen and oxygen atoms in total. The number of alkyl halides is 3. The summed E-state index contributed by atoms with van der Waals surface area (Å²) in [6, 6.07) is 17.3. The van der Waals surface area contributed by atoms with E-state index in [0.717, 1.165) is 16.5 Å². The topological polar surface area (TPSA) is 108 Å². The number of amides is 3. The lowest BCUT2D eigenvalue weighted by Crippen LogP contribution is -2.42. The van der Waals surface area contributed by atoms with Crippen LogP contribution in [-0.4, -0.2) is 52.3 Å². The van der Waals surface area contributed by atoms with Gasteiger partial charge in [-0.25, -0.2) is 9.78 Å². The number of aliphatic hydroxyl groups is 1. The average molecular weight is 581 g/mol. The third-order valence-electron chi connectivity index (χ3n) is 7.03. The number of carbonyl (C=O) groups is 2. The minimum Gasteiger partial charge on any atom is -0.456 e. The highest BCUT2D eigenvalue weighted by Gasteiger charge is 2.37. The van der Waals surface area contributed by atoms with Gasteiger partial charge in [0.25, 0.3) is 5.91 Å². The smallest absolute Gasteiger partial charge is 0.405 e. The number of halogens is 3. The Kier molecular flexibility index (Phi) is 8.22. The first kappa shape index (κ1) is 29.1. The maximum absolute atomic E-state index is 13.2. The molecule has 0 saturated heterocycles. The van der Waals surface area contributed by atoms with Gasteiger partial charge in [0.1, 0.15) is 23.6 Å². The number of nitrogens with one attached hydrogen (secondary N) is 2. The van der Waals surface area contributed by atoms with Crippen LogP contribution in [0, 0.1) is 0 Å². The number of fused-ring (bicyclic) bond motifs is 2. The van der Waals surface area contributed by atoms with Crippen LogP contribution in [0.4, 0.5) is 18.0 Å². The van der Waals surface area contributed by atoms with Gasteiger partial charge in [-0.3, -0.25) is 4.79 Å². The Bertz CT molecular complexity index is 1580. The first-order valence-corrected chi connectivity index (χ1v) is 13.7. The van der Waals surface area contributed by atoms with Gasteiger partial charge < -0.3 is 25.1 Å². The Morgan fingerprint density at radius 1 is 1.10 bits per heavy atom. The number of rotatable bonds is 8. The van der Waals surface area contributed by atoms with Crippen molar-refractivity contribution in [3.05, 3.63) is 77.5 Å². The van der Waals surface area contributed by atoms with Crippen molar-refractivity contribution in [3.63, 3.8) is 0 Å². The Morgan fingerprint density at radius 2 is 1.86 bits per heavy atom. The van der Waals surface area contributed by atoms with Crippen molar-refractivity contribution in [2.45, 2.75) is 51.5 Å². The third kappa shape index (κ3) is 6.25. The molecule has 0 fully saturated rings. The number of hydrogen-bond donors (Lipinski definition) is 3. The van der Waals surface area contributed by atoms with Crippen LogP contribution in [0.1, 0.15) is 54.3 Å². The van der Waals surface area contributed by atoms with E-state index >= 15 is 0 Å². The normalized spacial score (nSPS) is 14.8. The molecular formula is C31H31F3N4O4. The van der Waals surface area contributed by atoms with Crippen molar-refractivity contribution in [3.8, 4) is 22.6 Å². The number of para-hydroxylation sites is 1. The molecular weight excluding hydrogens is 549 g/mol. The Labute approximate surface area is 240 Å². The summed E-state index contributed by atoms with van der Waals surface area (Å²) in [6.45, 7) is 2.21. The van der Waals surface area contributed by atoms with E-state index in [-0.39, 0.29) is 30.9 Å². The molecule has 4 aromatic rings. The SMILES string of the molecule is CC(C)NC(=O)N1Cc2cc(C(=O)NCC(F)(F)F)nc(-c3cccc(-c4cc5ccccc5o4)c3)c2[C@H]1CCCO. The molecule has 0 radical (unpaired) electrons. The number of aliphatic hydroxyl groups excluding tert-OH is 1. The summed E-state index contributed by atoms with van der Waals surface area (Å²) in [5.41, 5.74) is 3.56. The predicted molar refractivity (Wildman–Crippen MR) is 152 cm³/mol. The van der Waals surface area contributed by atoms with E-state index in [4.69, 9.17) is 4.42 Å². The molecule has 3 heterocycles. The number of nitrogens with zero attached hydrogens (tertiary/aromatic N) is 2. The zero-order valence-corrected chi connectivity index (χ0v) is 23.2. The van der Waals surface area contributed by atoms with E-state index in [9.17, 15) is 27.9 Å². The van der Waals surface area contributed by atoms with E-state index < -0.39 is 24.7 Å². The van der Waals surface area contributed by atoms with Crippen molar-refractivity contribution < 1.29 is 32.3 Å². The number of furan rings is 1. The second-order valence-electron chi connectivity index (χ2n) is 10.6. The Hall–Kier alpha value is -4.38. The molecule has 1 aliphatic rings. The van der Waals surface area contributed by atoms with Crippen molar-refractivity contribution in [1.29, 1.82) is 0 Å². The van der Waals surface area contributed by atoms with E-state index in [1.165, 1.54) is 6.07 Å². The molecule has 0 unspecified atom stereocenters. The number of carbonyl (C=O) groups excluding carboxylic acids is 2. The van der Waals surface area contributed by atoms with Gasteiger partial charge in [0.15, 0.2) is 0 Å². The van der Waals surface area contributed by atoms with Crippen LogP contribution in [0.3, 0.4) is 0 Å². The van der Waals surface area contributed by atoms with Crippen LogP contribution in [0.15, 0.2) is 65.1 Å². The standard InChI is InChI=1S/C31H31F3N4O4/c1-18(2)36-30(41)38-16-22-14-23(29(40)35-17-31(32,33)34)37-28(27(22)24(38)10-6-12-39)21-9-5-8-19(13-21)26-15-20-7-3-4-11-25(20)42-26/h3-5,7-9,11,13-15,18,24,39H,6,10,12,16-17H2,1-2H3,(H,35,40)(H,36,41)/t24-/m1/s1. The van der Waals surface area contributed by atoms with Gasteiger partial charge in [-0.15, -0.1) is 0 Å². The Balaban J connectivity index is 1.62. The highest BCUT2D eigenvalue weighted by molar-refractivity contribution is 5.94. The summed E-state index contributed by atoms with van der Waals surface area (Å²) in [6.07, 6.45) is -3.76. The maximum Gasteiger partial charge on any atom is 0.405 e. The summed E-state index contributed by atoms with van der Waals surface area (Å²) in [5.74, 6) is -0.356. The zero-order chi connectivity index (χ0) is 30.0. The second kappa shape index (κ2) is 11.8. The quantitative estimate of drug-likeness (QED) is 0.230. The summed E-state index contributed by atoms with van der Waals surface area (Å²) in [7, 11) is 0. The van der Waals surface area contributed by atoms with Crippen LogP contribution in [0.25, 0.3) is 33.6 Å². The molecule has 3 amide bonds. The molecule has 5 rings (SSSR count). The van der Waals surface area contributed by atoms with Gasteiger partial charge >= 0.3 is 12.2 Å². The fourth-order valence-corrected chi connectivity index (χ4v) is 5.24. The molecule has 0 saturated carbocycles. The van der Waals surface area contributed by atoms with Crippen LogP contribution < -0.4 is 10.6 Å². The summed E-state index contributed by atoms with van der Waals surface area (Å²) in [4.78, 5) is 32.3. The zero-order valence-electron chi connectivity index (χ0n) is 23.2. The van der Waals surface area contributed by atoms with Crippen molar-refractivity contribution >= 4 is 22.9 Å². The highest BCUT2D eigenvalue weighted by atomic mass is 19.4. The molecule has 42 heavy (non-hydrogen) atoms. The lowest BCUT2D eigenvalue weighted by Gasteiger charge is -2.27. The number of benzene rings is 2. The summed E-state index contributed by atoms with van der Waals surface area (Å²) in [5, 5.41) is 15.3. The summed E-state index contributed by atoms with van der Waals surface area (Å²) >= 11 is 0. The molecule has 2 aromatic carbocycles. The average Bonchev–Trinajstić information content (AvgIpc) is 3.55. The second-order valence-corrected chi connectivity index (χ2v) is 10.6. The molecule has 1 atom stereocenters. The van der Waals surface area contributed by atoms with Crippen LogP contribution >= 0.6 is 0 Å². The third-order valence-corrected chi connectivity index (χ3v) is 7.03. The van der Waals surface area contributed by atoms with Gasteiger partial charge in [-0.05, 0) is 56.5 Å². The number of urea groups is 1. The van der Waals surface area contributed by atoms with Gasteiger partial charge in [0.2, 0.25) is 0 Å². The first-order chi connectivity index (χ1) is 20.0. The molecule has 1 aliphatic heterocycles. The largest absolute Gasteiger partial charge is 0.456 e. The van der Waals surface area contributed by atoms with Gasteiger partial charge in [-0.1, -0.05) is 36.4 Å². The van der Waals surface area contributed by atoms with E-state index in [0.29, 0.717) is 41.0 Å². The highest BCUT2D eigenvalue weighted by Crippen LogP contribution is 2.43. The number of pyridine rings is 1. The van der Waals surface area contributed by atoms with E-state index in [2.05, 4.69) is 10.3 Å². The molecule has 11 heteroatoms. The monoisotopic (exact) mass is 580 g/mol. The van der Waals surface area contributed by atoms with Crippen LogP contribution in [0.5, 0.6) is 0 Å². The van der Waals surface area contributed by atoms with Gasteiger partial charge in [0.05, 0.1) is 11.7 Å². The fraction of sp³-hybridized carbons (Fsp3) is 0.323. The molecule has 0 bridgehead atoms. The molecule has 2 aromatic heterocycles. The predicted octanol–water partition coefficient (Wildman–Crippen LogP) is 6.20. The molecule has 3 N–H and O–H groups in total. The van der Waals surface area contributed by atoms with Crippen LogP contribution in [-0.2, 0) is 6.54 Å². The number of aromatic nitrogens is 1. The van der Waals surface area contributed by atoms with E-state index in [1.54, 1.807) is 11.0 Å². The van der Waals surface area contributed by atoms with Gasteiger partial charge in [-0.2, -0.15) is 13.2 Å². The van der Waals surface area contributed by atoms with Crippen molar-refractivity contribution in [2.75, 3.05) is 13.2 Å². The molecule has 220 valence electrons. The van der Waals surface area contributed by atoms with E-state index in [1.807, 2.05) is 67.7 Å². The van der Waals surface area contributed by atoms with Crippen LogP contribution in [0.2, 0.25) is 0 Å². The Morgan fingerprint density at radius 3 is 2.57 bits per heavy atom. The van der Waals surface area contributed by atoms with Gasteiger partial charge in [0, 0.05) is 41.3 Å².